The van der Waals surface area contributed by atoms with E-state index in [1.54, 1.807) is 14.1 Å². The van der Waals surface area contributed by atoms with E-state index in [4.69, 9.17) is 4.74 Å². The average Bonchev–Trinajstić information content (AvgIpc) is 3.14. The van der Waals surface area contributed by atoms with Gasteiger partial charge in [-0.05, 0) is 55.4 Å². The number of hydrogen-bond acceptors (Lipinski definition) is 3. The van der Waals surface area contributed by atoms with E-state index in [2.05, 4.69) is 10.2 Å². The van der Waals surface area contributed by atoms with Crippen molar-refractivity contribution in [2.75, 3.05) is 45.7 Å². The molecular formula is C19H29N3O2. The number of benzene rings is 1. The third-order valence-corrected chi connectivity index (χ3v) is 5.20. The number of ether oxygens (including phenoxy) is 1. The lowest BCUT2D eigenvalue weighted by atomic mass is 10.0. The zero-order chi connectivity index (χ0) is 16.9. The Balaban J connectivity index is 1.34. The Bertz CT molecular complexity index is 532. The van der Waals surface area contributed by atoms with Gasteiger partial charge >= 0.3 is 6.03 Å². The van der Waals surface area contributed by atoms with Gasteiger partial charge in [-0.25, -0.2) is 4.79 Å². The molecule has 1 aliphatic heterocycles. The number of urea groups is 1. The first kappa shape index (κ1) is 17.1. The maximum absolute atomic E-state index is 11.6. The van der Waals surface area contributed by atoms with Gasteiger partial charge in [-0.15, -0.1) is 0 Å². The second kappa shape index (κ2) is 7.88. The van der Waals surface area contributed by atoms with Crippen LogP contribution in [0.15, 0.2) is 24.3 Å². The minimum Gasteiger partial charge on any atom is -0.494 e. The van der Waals surface area contributed by atoms with Gasteiger partial charge in [0.2, 0.25) is 0 Å². The molecular weight excluding hydrogens is 302 g/mol. The molecule has 0 radical (unpaired) electrons. The summed E-state index contributed by atoms with van der Waals surface area (Å²) in [5.74, 6) is 2.79. The zero-order valence-corrected chi connectivity index (χ0v) is 14.8. The molecule has 0 spiro atoms. The molecule has 5 nitrogen and oxygen atoms in total. The molecule has 1 N–H and O–H groups in total. The predicted octanol–water partition coefficient (Wildman–Crippen LogP) is 3.28. The quantitative estimate of drug-likeness (QED) is 0.814. The van der Waals surface area contributed by atoms with Crippen LogP contribution in [0.3, 0.4) is 0 Å². The number of likely N-dealkylation sites (tertiary alicyclic amines) is 1. The van der Waals surface area contributed by atoms with Crippen molar-refractivity contribution in [1.29, 1.82) is 0 Å². The zero-order valence-electron chi connectivity index (χ0n) is 14.8. The van der Waals surface area contributed by atoms with Crippen LogP contribution in [0.25, 0.3) is 0 Å². The van der Waals surface area contributed by atoms with Crippen LogP contribution in [0.4, 0.5) is 10.5 Å². The fourth-order valence-corrected chi connectivity index (χ4v) is 3.86. The molecule has 0 bridgehead atoms. The van der Waals surface area contributed by atoms with Gasteiger partial charge in [-0.3, -0.25) is 0 Å². The van der Waals surface area contributed by atoms with E-state index in [1.165, 1.54) is 37.3 Å². The summed E-state index contributed by atoms with van der Waals surface area (Å²) in [4.78, 5) is 15.7. The lowest BCUT2D eigenvalue weighted by Crippen LogP contribution is -2.27. The van der Waals surface area contributed by atoms with Gasteiger partial charge in [-0.2, -0.15) is 0 Å². The van der Waals surface area contributed by atoms with Crippen LogP contribution in [-0.2, 0) is 0 Å². The monoisotopic (exact) mass is 331 g/mol. The Kier molecular flexibility index (Phi) is 5.61. The maximum atomic E-state index is 11.6. The van der Waals surface area contributed by atoms with Crippen molar-refractivity contribution >= 4 is 11.7 Å². The Morgan fingerprint density at radius 3 is 2.50 bits per heavy atom. The van der Waals surface area contributed by atoms with E-state index in [1.807, 2.05) is 24.3 Å². The molecule has 1 saturated carbocycles. The Labute approximate surface area is 145 Å². The van der Waals surface area contributed by atoms with Crippen LogP contribution in [-0.4, -0.2) is 56.2 Å². The number of rotatable bonds is 6. The fourth-order valence-electron chi connectivity index (χ4n) is 3.86. The van der Waals surface area contributed by atoms with Gasteiger partial charge in [-0.1, -0.05) is 6.42 Å². The SMILES string of the molecule is CN(C)C(=O)Nc1ccc(OCCCN2CC3CCCC3C2)cc1. The second-order valence-corrected chi connectivity index (χ2v) is 7.26. The van der Waals surface area contributed by atoms with Crippen LogP contribution in [0.2, 0.25) is 0 Å². The summed E-state index contributed by atoms with van der Waals surface area (Å²) in [7, 11) is 3.45. The lowest BCUT2D eigenvalue weighted by molar-refractivity contribution is 0.230. The summed E-state index contributed by atoms with van der Waals surface area (Å²) in [5, 5.41) is 2.82. The van der Waals surface area contributed by atoms with Crippen molar-refractivity contribution < 1.29 is 9.53 Å². The van der Waals surface area contributed by atoms with E-state index in [9.17, 15) is 4.79 Å². The standard InChI is InChI=1S/C19H29N3O2/c1-21(2)19(23)20-17-7-9-18(10-8-17)24-12-4-11-22-13-15-5-3-6-16(15)14-22/h7-10,15-16H,3-6,11-14H2,1-2H3,(H,20,23). The third-order valence-electron chi connectivity index (χ3n) is 5.20. The Morgan fingerprint density at radius 1 is 1.21 bits per heavy atom. The summed E-state index contributed by atoms with van der Waals surface area (Å²) in [6.45, 7) is 4.48. The topological polar surface area (TPSA) is 44.8 Å². The van der Waals surface area contributed by atoms with Gasteiger partial charge in [0.15, 0.2) is 0 Å². The van der Waals surface area contributed by atoms with E-state index in [-0.39, 0.29) is 6.03 Å². The van der Waals surface area contributed by atoms with Gasteiger partial charge in [0.1, 0.15) is 5.75 Å². The summed E-state index contributed by atoms with van der Waals surface area (Å²) in [5.41, 5.74) is 0.782. The van der Waals surface area contributed by atoms with Crippen LogP contribution >= 0.6 is 0 Å². The molecule has 24 heavy (non-hydrogen) atoms. The molecule has 0 aromatic heterocycles. The third kappa shape index (κ3) is 4.41. The van der Waals surface area contributed by atoms with Gasteiger partial charge in [0.05, 0.1) is 6.61 Å². The molecule has 3 rings (SSSR count). The molecule has 1 saturated heterocycles. The number of fused-ring (bicyclic) bond motifs is 1. The molecule has 2 atom stereocenters. The summed E-state index contributed by atoms with van der Waals surface area (Å²) < 4.78 is 5.82. The largest absolute Gasteiger partial charge is 0.494 e. The second-order valence-electron chi connectivity index (χ2n) is 7.26. The average molecular weight is 331 g/mol. The van der Waals surface area contributed by atoms with Crippen LogP contribution < -0.4 is 10.1 Å². The first-order chi connectivity index (χ1) is 11.6. The summed E-state index contributed by atoms with van der Waals surface area (Å²) in [6, 6.07) is 7.44. The molecule has 2 fully saturated rings. The van der Waals surface area contributed by atoms with Gasteiger partial charge in [0.25, 0.3) is 0 Å². The number of carbonyl (C=O) groups is 1. The van der Waals surface area contributed by atoms with Crippen LogP contribution in [0.1, 0.15) is 25.7 Å². The van der Waals surface area contributed by atoms with Crippen LogP contribution in [0.5, 0.6) is 5.75 Å². The van der Waals surface area contributed by atoms with Crippen molar-refractivity contribution in [2.45, 2.75) is 25.7 Å². The number of amides is 2. The minimum atomic E-state index is -0.126. The molecule has 2 aliphatic rings. The molecule has 1 aliphatic carbocycles. The normalized spacial score (nSPS) is 23.1. The number of anilines is 1. The highest BCUT2D eigenvalue weighted by Crippen LogP contribution is 2.37. The number of nitrogens with zero attached hydrogens (tertiary/aromatic N) is 2. The predicted molar refractivity (Wildman–Crippen MR) is 96.5 cm³/mol. The highest BCUT2D eigenvalue weighted by molar-refractivity contribution is 5.88. The first-order valence-corrected chi connectivity index (χ1v) is 9.05. The van der Waals surface area contributed by atoms with E-state index < -0.39 is 0 Å². The number of carbonyl (C=O) groups excluding carboxylic acids is 1. The smallest absolute Gasteiger partial charge is 0.321 e. The molecule has 2 unspecified atom stereocenters. The summed E-state index contributed by atoms with van der Waals surface area (Å²) in [6.07, 6.45) is 5.39. The number of nitrogens with one attached hydrogen (secondary N) is 1. The molecule has 1 aromatic rings. The molecule has 1 aromatic carbocycles. The highest BCUT2D eigenvalue weighted by Gasteiger charge is 2.35. The number of hydrogen-bond donors (Lipinski definition) is 1. The van der Waals surface area contributed by atoms with Crippen molar-refractivity contribution in [1.82, 2.24) is 9.80 Å². The van der Waals surface area contributed by atoms with Crippen molar-refractivity contribution in [3.8, 4) is 5.75 Å². The Hall–Kier alpha value is -1.75. The van der Waals surface area contributed by atoms with Crippen molar-refractivity contribution in [3.63, 3.8) is 0 Å². The molecule has 132 valence electrons. The van der Waals surface area contributed by atoms with E-state index >= 15 is 0 Å². The summed E-state index contributed by atoms with van der Waals surface area (Å²) >= 11 is 0. The van der Waals surface area contributed by atoms with E-state index in [0.29, 0.717) is 0 Å². The first-order valence-electron chi connectivity index (χ1n) is 9.05. The van der Waals surface area contributed by atoms with Crippen molar-refractivity contribution in [2.24, 2.45) is 11.8 Å². The molecule has 2 amide bonds. The fraction of sp³-hybridized carbons (Fsp3) is 0.632. The highest BCUT2D eigenvalue weighted by atomic mass is 16.5. The van der Waals surface area contributed by atoms with Crippen LogP contribution in [0, 0.1) is 11.8 Å². The lowest BCUT2D eigenvalue weighted by Gasteiger charge is -2.16. The molecule has 5 heteroatoms. The van der Waals surface area contributed by atoms with Gasteiger partial charge in [0, 0.05) is 39.4 Å². The molecule has 1 heterocycles. The van der Waals surface area contributed by atoms with Gasteiger partial charge < -0.3 is 19.9 Å². The maximum Gasteiger partial charge on any atom is 0.321 e. The van der Waals surface area contributed by atoms with E-state index in [0.717, 1.165) is 42.8 Å². The van der Waals surface area contributed by atoms with Crippen molar-refractivity contribution in [3.05, 3.63) is 24.3 Å². The Morgan fingerprint density at radius 2 is 1.88 bits per heavy atom. The minimum absolute atomic E-state index is 0.126.